The smallest absolute Gasteiger partial charge is 0.180 e. The summed E-state index contributed by atoms with van der Waals surface area (Å²) in [7, 11) is 0. The number of nitrogen functional groups attached to an aromatic ring is 1. The second-order valence-corrected chi connectivity index (χ2v) is 4.48. The van der Waals surface area contributed by atoms with Crippen molar-refractivity contribution in [1.29, 1.82) is 0 Å². The van der Waals surface area contributed by atoms with Crippen molar-refractivity contribution >= 4 is 16.5 Å². The Hall–Kier alpha value is -1.55. The van der Waals surface area contributed by atoms with Gasteiger partial charge in [0, 0.05) is 11.8 Å². The van der Waals surface area contributed by atoms with Crippen LogP contribution in [0.1, 0.15) is 11.3 Å². The van der Waals surface area contributed by atoms with Crippen LogP contribution in [-0.2, 0) is 6.42 Å². The molecule has 3 nitrogen and oxygen atoms in total. The average molecular weight is 234 g/mol. The van der Waals surface area contributed by atoms with E-state index in [-0.39, 0.29) is 0 Å². The first-order valence-electron chi connectivity index (χ1n) is 5.13. The monoisotopic (exact) mass is 234 g/mol. The molecule has 0 spiro atoms. The van der Waals surface area contributed by atoms with Gasteiger partial charge in [-0.15, -0.1) is 11.3 Å². The molecular weight excluding hydrogens is 220 g/mol. The first-order valence-corrected chi connectivity index (χ1v) is 6.01. The van der Waals surface area contributed by atoms with Gasteiger partial charge < -0.3 is 10.5 Å². The highest BCUT2D eigenvalue weighted by molar-refractivity contribution is 7.13. The van der Waals surface area contributed by atoms with Crippen LogP contribution in [0.2, 0.25) is 0 Å². The Labute approximate surface area is 98.9 Å². The minimum absolute atomic E-state index is 0.616. The van der Waals surface area contributed by atoms with Crippen LogP contribution in [0, 0.1) is 6.92 Å². The highest BCUT2D eigenvalue weighted by atomic mass is 32.1. The molecule has 2 aromatic rings. The van der Waals surface area contributed by atoms with Gasteiger partial charge in [0.25, 0.3) is 0 Å². The van der Waals surface area contributed by atoms with E-state index in [9.17, 15) is 0 Å². The van der Waals surface area contributed by atoms with Crippen molar-refractivity contribution in [3.05, 3.63) is 40.9 Å². The molecule has 1 aromatic heterocycles. The quantitative estimate of drug-likeness (QED) is 0.884. The number of ether oxygens (including phenoxy) is 1. The van der Waals surface area contributed by atoms with Crippen LogP contribution in [0.3, 0.4) is 0 Å². The number of nitrogens with zero attached hydrogens (tertiary/aromatic N) is 1. The topological polar surface area (TPSA) is 48.1 Å². The zero-order valence-electron chi connectivity index (χ0n) is 9.14. The van der Waals surface area contributed by atoms with Gasteiger partial charge >= 0.3 is 0 Å². The maximum absolute atomic E-state index is 5.62. The number of rotatable bonds is 4. The lowest BCUT2D eigenvalue weighted by atomic mass is 10.2. The highest BCUT2D eigenvalue weighted by Crippen LogP contribution is 2.14. The number of hydrogen-bond donors (Lipinski definition) is 1. The summed E-state index contributed by atoms with van der Waals surface area (Å²) < 4.78 is 5.62. The van der Waals surface area contributed by atoms with Gasteiger partial charge in [-0.1, -0.05) is 12.1 Å². The first kappa shape index (κ1) is 11.0. The fourth-order valence-electron chi connectivity index (χ4n) is 1.42. The molecule has 0 aliphatic heterocycles. The molecule has 16 heavy (non-hydrogen) atoms. The van der Waals surface area contributed by atoms with Crippen LogP contribution in [-0.4, -0.2) is 11.6 Å². The molecule has 2 rings (SSSR count). The molecule has 0 aliphatic rings. The predicted molar refractivity (Wildman–Crippen MR) is 66.9 cm³/mol. The van der Waals surface area contributed by atoms with E-state index in [1.807, 2.05) is 36.6 Å². The third-order valence-electron chi connectivity index (χ3n) is 2.19. The number of hydrogen-bond acceptors (Lipinski definition) is 4. The average Bonchev–Trinajstić information content (AvgIpc) is 2.64. The highest BCUT2D eigenvalue weighted by Gasteiger charge is 1.99. The van der Waals surface area contributed by atoms with E-state index >= 15 is 0 Å². The van der Waals surface area contributed by atoms with E-state index in [0.717, 1.165) is 17.9 Å². The van der Waals surface area contributed by atoms with E-state index in [1.54, 1.807) is 0 Å². The molecule has 4 heteroatoms. The fraction of sp³-hybridized carbons (Fsp3) is 0.250. The van der Waals surface area contributed by atoms with Gasteiger partial charge in [0.1, 0.15) is 5.75 Å². The molecule has 0 amide bonds. The summed E-state index contributed by atoms with van der Waals surface area (Å²) in [6.07, 6.45) is 0.793. The number of aromatic nitrogens is 1. The number of anilines is 1. The van der Waals surface area contributed by atoms with E-state index < -0.39 is 0 Å². The molecule has 0 atom stereocenters. The van der Waals surface area contributed by atoms with Gasteiger partial charge in [-0.05, 0) is 24.6 Å². The first-order chi connectivity index (χ1) is 7.74. The van der Waals surface area contributed by atoms with Crippen molar-refractivity contribution in [2.45, 2.75) is 13.3 Å². The van der Waals surface area contributed by atoms with E-state index in [1.165, 1.54) is 16.9 Å². The maximum atomic E-state index is 5.62. The van der Waals surface area contributed by atoms with E-state index in [0.29, 0.717) is 11.7 Å². The van der Waals surface area contributed by atoms with Crippen LogP contribution in [0.25, 0.3) is 0 Å². The van der Waals surface area contributed by atoms with Crippen molar-refractivity contribution in [2.75, 3.05) is 12.3 Å². The lowest BCUT2D eigenvalue weighted by Gasteiger charge is -2.05. The van der Waals surface area contributed by atoms with Gasteiger partial charge in [0.2, 0.25) is 0 Å². The largest absolute Gasteiger partial charge is 0.493 e. The summed E-state index contributed by atoms with van der Waals surface area (Å²) >= 11 is 1.46. The van der Waals surface area contributed by atoms with Crippen LogP contribution in [0.15, 0.2) is 29.6 Å². The van der Waals surface area contributed by atoms with E-state index in [2.05, 4.69) is 4.98 Å². The number of aryl methyl sites for hydroxylation is 1. The van der Waals surface area contributed by atoms with Crippen molar-refractivity contribution in [3.63, 3.8) is 0 Å². The van der Waals surface area contributed by atoms with Crippen molar-refractivity contribution in [2.24, 2.45) is 0 Å². The summed E-state index contributed by atoms with van der Waals surface area (Å²) in [5.74, 6) is 0.906. The van der Waals surface area contributed by atoms with Crippen molar-refractivity contribution in [3.8, 4) is 5.75 Å². The molecule has 1 heterocycles. The maximum Gasteiger partial charge on any atom is 0.180 e. The molecule has 1 aromatic carbocycles. The molecule has 0 saturated carbocycles. The summed E-state index contributed by atoms with van der Waals surface area (Å²) in [5.41, 5.74) is 7.75. The summed E-state index contributed by atoms with van der Waals surface area (Å²) in [6, 6.07) is 8.03. The second-order valence-electron chi connectivity index (χ2n) is 3.59. The number of thiazole rings is 1. The Morgan fingerprint density at radius 2 is 2.31 bits per heavy atom. The lowest BCUT2D eigenvalue weighted by molar-refractivity contribution is 0.320. The molecule has 0 aliphatic carbocycles. The van der Waals surface area contributed by atoms with E-state index in [4.69, 9.17) is 10.5 Å². The summed E-state index contributed by atoms with van der Waals surface area (Å²) in [6.45, 7) is 2.68. The third-order valence-corrected chi connectivity index (χ3v) is 2.91. The molecule has 2 N–H and O–H groups in total. The third kappa shape index (κ3) is 2.97. The molecule has 0 saturated heterocycles. The molecular formula is C12H14N2OS. The Kier molecular flexibility index (Phi) is 3.41. The van der Waals surface area contributed by atoms with Crippen molar-refractivity contribution in [1.82, 2.24) is 4.98 Å². The summed E-state index contributed by atoms with van der Waals surface area (Å²) in [4.78, 5) is 4.18. The second kappa shape index (κ2) is 4.99. The molecule has 84 valence electrons. The molecule has 0 fully saturated rings. The van der Waals surface area contributed by atoms with Crippen LogP contribution >= 0.6 is 11.3 Å². The Balaban J connectivity index is 1.84. The Morgan fingerprint density at radius 1 is 1.44 bits per heavy atom. The lowest BCUT2D eigenvalue weighted by Crippen LogP contribution is -2.01. The Morgan fingerprint density at radius 3 is 3.00 bits per heavy atom. The molecule has 0 unspecified atom stereocenters. The number of benzene rings is 1. The van der Waals surface area contributed by atoms with Gasteiger partial charge in [0.05, 0.1) is 12.3 Å². The molecule has 0 radical (unpaired) electrons. The van der Waals surface area contributed by atoms with Gasteiger partial charge in [-0.2, -0.15) is 0 Å². The van der Waals surface area contributed by atoms with Crippen LogP contribution < -0.4 is 10.5 Å². The minimum Gasteiger partial charge on any atom is -0.493 e. The zero-order valence-corrected chi connectivity index (χ0v) is 9.96. The predicted octanol–water partition coefficient (Wildman–Crippen LogP) is 2.66. The minimum atomic E-state index is 0.616. The normalized spacial score (nSPS) is 10.3. The van der Waals surface area contributed by atoms with Crippen LogP contribution in [0.5, 0.6) is 5.75 Å². The standard InChI is InChI=1S/C12H14N2OS/c1-9-3-2-4-11(7-9)15-6-5-10-8-16-12(13)14-10/h2-4,7-8H,5-6H2,1H3,(H2,13,14). The van der Waals surface area contributed by atoms with Gasteiger partial charge in [0.15, 0.2) is 5.13 Å². The Bertz CT molecular complexity index is 468. The van der Waals surface area contributed by atoms with Gasteiger partial charge in [-0.3, -0.25) is 0 Å². The fourth-order valence-corrected chi connectivity index (χ4v) is 2.01. The summed E-state index contributed by atoms with van der Waals surface area (Å²) in [5, 5.41) is 2.58. The zero-order chi connectivity index (χ0) is 11.4. The number of nitrogens with two attached hydrogens (primary N) is 1. The van der Waals surface area contributed by atoms with Crippen molar-refractivity contribution < 1.29 is 4.74 Å². The molecule has 0 bridgehead atoms. The van der Waals surface area contributed by atoms with Gasteiger partial charge in [-0.25, -0.2) is 4.98 Å². The SMILES string of the molecule is Cc1cccc(OCCc2csc(N)n2)c1. The van der Waals surface area contributed by atoms with Crippen LogP contribution in [0.4, 0.5) is 5.13 Å².